The van der Waals surface area contributed by atoms with Crippen LogP contribution in [-0.4, -0.2) is 33.5 Å². The molecule has 0 saturated heterocycles. The zero-order valence-electron chi connectivity index (χ0n) is 15.9. The zero-order chi connectivity index (χ0) is 19.1. The van der Waals surface area contributed by atoms with Gasteiger partial charge < -0.3 is 15.3 Å². The van der Waals surface area contributed by atoms with E-state index in [0.717, 1.165) is 25.7 Å². The van der Waals surface area contributed by atoms with Crippen LogP contribution in [0, 0.1) is 35.5 Å². The van der Waals surface area contributed by atoms with Crippen molar-refractivity contribution in [1.29, 1.82) is 0 Å². The van der Waals surface area contributed by atoms with Gasteiger partial charge in [0.1, 0.15) is 0 Å². The highest BCUT2D eigenvalue weighted by Gasteiger charge is 2.44. The summed E-state index contributed by atoms with van der Waals surface area (Å²) in [6.07, 6.45) is 10.4. The molecule has 26 heavy (non-hydrogen) atoms. The molecule has 0 aromatic rings. The maximum absolute atomic E-state index is 10.6. The molecular formula is C22H32O4. The van der Waals surface area contributed by atoms with Gasteiger partial charge in [0.05, 0.1) is 12.2 Å². The van der Waals surface area contributed by atoms with Gasteiger partial charge in [0, 0.05) is 18.8 Å². The van der Waals surface area contributed by atoms with E-state index >= 15 is 0 Å². The van der Waals surface area contributed by atoms with Crippen molar-refractivity contribution in [3.05, 3.63) is 23.8 Å². The molecule has 6 atom stereocenters. The van der Waals surface area contributed by atoms with Gasteiger partial charge >= 0.3 is 5.97 Å². The van der Waals surface area contributed by atoms with Crippen LogP contribution in [0.1, 0.15) is 58.8 Å². The molecule has 2 fully saturated rings. The Hall–Kier alpha value is -1.57. The molecule has 0 aromatic heterocycles. The summed E-state index contributed by atoms with van der Waals surface area (Å²) in [7, 11) is 0. The average Bonchev–Trinajstić information content (AvgIpc) is 3.10. The van der Waals surface area contributed by atoms with Crippen LogP contribution in [0.5, 0.6) is 0 Å². The second-order valence-corrected chi connectivity index (χ2v) is 7.84. The highest BCUT2D eigenvalue weighted by atomic mass is 16.4. The van der Waals surface area contributed by atoms with E-state index in [2.05, 4.69) is 17.9 Å². The minimum atomic E-state index is -0.738. The van der Waals surface area contributed by atoms with Gasteiger partial charge in [0.25, 0.3) is 0 Å². The summed E-state index contributed by atoms with van der Waals surface area (Å²) < 4.78 is 0. The van der Waals surface area contributed by atoms with Crippen molar-refractivity contribution in [2.75, 3.05) is 0 Å². The molecular weight excluding hydrogens is 328 g/mol. The lowest BCUT2D eigenvalue weighted by atomic mass is 9.89. The van der Waals surface area contributed by atoms with Crippen LogP contribution < -0.4 is 0 Å². The third-order valence-electron chi connectivity index (χ3n) is 5.85. The Labute approximate surface area is 157 Å². The molecule has 0 aromatic carbocycles. The Balaban J connectivity index is 1.89. The zero-order valence-corrected chi connectivity index (χ0v) is 15.9. The van der Waals surface area contributed by atoms with Crippen LogP contribution in [0.15, 0.2) is 23.8 Å². The SMILES string of the molecule is CC#CC[C@H](C)[C@H](O)/C=C\[C@@H]1[C@H]2C/C(=C/CCCC(=O)O)C[C@H]2C[C@H]1O. The summed E-state index contributed by atoms with van der Waals surface area (Å²) in [6, 6.07) is 0. The molecule has 2 saturated carbocycles. The van der Waals surface area contributed by atoms with Gasteiger partial charge in [-0.2, -0.15) is 0 Å². The van der Waals surface area contributed by atoms with Gasteiger partial charge in [-0.05, 0) is 56.8 Å². The predicted octanol–water partition coefficient (Wildman–Crippen LogP) is 3.54. The molecule has 0 spiro atoms. The number of carboxylic acid groups (broad SMARTS) is 1. The van der Waals surface area contributed by atoms with Crippen molar-refractivity contribution in [1.82, 2.24) is 0 Å². The Bertz CT molecular complexity index is 595. The van der Waals surface area contributed by atoms with Crippen LogP contribution in [0.25, 0.3) is 0 Å². The molecule has 0 heterocycles. The average molecular weight is 360 g/mol. The van der Waals surface area contributed by atoms with E-state index in [0.29, 0.717) is 24.7 Å². The van der Waals surface area contributed by atoms with Crippen LogP contribution >= 0.6 is 0 Å². The summed E-state index contributed by atoms with van der Waals surface area (Å²) in [5.74, 6) is 6.25. The minimum Gasteiger partial charge on any atom is -0.481 e. The Morgan fingerprint density at radius 3 is 2.85 bits per heavy atom. The molecule has 2 rings (SSSR count). The first-order valence-corrected chi connectivity index (χ1v) is 9.76. The van der Waals surface area contributed by atoms with Gasteiger partial charge in [0.15, 0.2) is 0 Å². The highest BCUT2D eigenvalue weighted by molar-refractivity contribution is 5.66. The first-order valence-electron chi connectivity index (χ1n) is 9.76. The number of carboxylic acids is 1. The number of aliphatic hydroxyl groups excluding tert-OH is 2. The van der Waals surface area contributed by atoms with E-state index in [4.69, 9.17) is 5.11 Å². The van der Waals surface area contributed by atoms with Gasteiger partial charge in [-0.25, -0.2) is 0 Å². The minimum absolute atomic E-state index is 0.0845. The van der Waals surface area contributed by atoms with Crippen molar-refractivity contribution in [2.24, 2.45) is 23.7 Å². The first kappa shape index (κ1) is 20.7. The standard InChI is InChI=1S/C22H32O4/c1-3-4-7-15(2)20(23)11-10-18-19-13-16(8-5-6-9-22(25)26)12-17(19)14-21(18)24/h8,10-11,15,17-21,23-24H,5-7,9,12-14H2,1-2H3,(H,25,26)/b11-10-,16-8+/t15-,17-,18+,19-,20+,21+/m0/s1. The first-order chi connectivity index (χ1) is 12.4. The molecule has 0 unspecified atom stereocenters. The largest absolute Gasteiger partial charge is 0.481 e. The quantitative estimate of drug-likeness (QED) is 0.351. The second kappa shape index (κ2) is 9.94. The molecule has 0 amide bonds. The normalized spacial score (nSPS) is 31.6. The lowest BCUT2D eigenvalue weighted by Gasteiger charge is -2.19. The van der Waals surface area contributed by atoms with Crippen molar-refractivity contribution in [2.45, 2.75) is 71.0 Å². The fourth-order valence-corrected chi connectivity index (χ4v) is 4.31. The van der Waals surface area contributed by atoms with Gasteiger partial charge in [-0.1, -0.05) is 30.7 Å². The molecule has 144 valence electrons. The molecule has 4 heteroatoms. The van der Waals surface area contributed by atoms with E-state index in [1.165, 1.54) is 5.57 Å². The Kier molecular flexibility index (Phi) is 7.93. The third-order valence-corrected chi connectivity index (χ3v) is 5.85. The summed E-state index contributed by atoms with van der Waals surface area (Å²) in [4.78, 5) is 10.6. The third kappa shape index (κ3) is 5.72. The molecule has 0 radical (unpaired) electrons. The molecule has 3 N–H and O–H groups in total. The summed E-state index contributed by atoms with van der Waals surface area (Å²) in [5, 5.41) is 29.4. The lowest BCUT2D eigenvalue weighted by Crippen LogP contribution is -2.19. The van der Waals surface area contributed by atoms with E-state index in [-0.39, 0.29) is 24.4 Å². The number of aliphatic hydroxyl groups is 2. The van der Waals surface area contributed by atoms with Crippen molar-refractivity contribution in [3.63, 3.8) is 0 Å². The topological polar surface area (TPSA) is 77.8 Å². The van der Waals surface area contributed by atoms with Crippen LogP contribution in [0.4, 0.5) is 0 Å². The molecule has 4 nitrogen and oxygen atoms in total. The number of fused-ring (bicyclic) bond motifs is 1. The monoisotopic (exact) mass is 360 g/mol. The fraction of sp³-hybridized carbons (Fsp3) is 0.682. The lowest BCUT2D eigenvalue weighted by molar-refractivity contribution is -0.137. The van der Waals surface area contributed by atoms with Crippen LogP contribution in [0.3, 0.4) is 0 Å². The van der Waals surface area contributed by atoms with Crippen molar-refractivity contribution >= 4 is 5.97 Å². The molecule has 2 aliphatic carbocycles. The van der Waals surface area contributed by atoms with E-state index in [1.807, 2.05) is 19.1 Å². The second-order valence-electron chi connectivity index (χ2n) is 7.84. The van der Waals surface area contributed by atoms with Gasteiger partial charge in [-0.3, -0.25) is 4.79 Å². The number of unbranched alkanes of at least 4 members (excludes halogenated alkanes) is 1. The van der Waals surface area contributed by atoms with E-state index in [1.54, 1.807) is 6.92 Å². The predicted molar refractivity (Wildman–Crippen MR) is 102 cm³/mol. The number of carbonyl (C=O) groups is 1. The van der Waals surface area contributed by atoms with E-state index in [9.17, 15) is 15.0 Å². The van der Waals surface area contributed by atoms with Gasteiger partial charge in [0.2, 0.25) is 0 Å². The molecule has 0 aliphatic heterocycles. The number of allylic oxidation sites excluding steroid dienone is 2. The van der Waals surface area contributed by atoms with E-state index < -0.39 is 12.1 Å². The maximum Gasteiger partial charge on any atom is 0.303 e. The fourth-order valence-electron chi connectivity index (χ4n) is 4.31. The maximum atomic E-state index is 10.6. The number of hydrogen-bond acceptors (Lipinski definition) is 3. The Morgan fingerprint density at radius 1 is 1.38 bits per heavy atom. The van der Waals surface area contributed by atoms with Crippen LogP contribution in [0.2, 0.25) is 0 Å². The molecule has 0 bridgehead atoms. The highest BCUT2D eigenvalue weighted by Crippen LogP contribution is 2.50. The molecule has 2 aliphatic rings. The summed E-state index contributed by atoms with van der Waals surface area (Å²) >= 11 is 0. The van der Waals surface area contributed by atoms with Crippen LogP contribution in [-0.2, 0) is 4.79 Å². The van der Waals surface area contributed by atoms with Gasteiger partial charge in [-0.15, -0.1) is 11.8 Å². The van der Waals surface area contributed by atoms with Crippen molar-refractivity contribution < 1.29 is 20.1 Å². The number of hydrogen-bond donors (Lipinski definition) is 3. The Morgan fingerprint density at radius 2 is 2.15 bits per heavy atom. The van der Waals surface area contributed by atoms with Crippen molar-refractivity contribution in [3.8, 4) is 11.8 Å². The number of aliphatic carboxylic acids is 1. The summed E-state index contributed by atoms with van der Waals surface area (Å²) in [6.45, 7) is 3.79. The smallest absolute Gasteiger partial charge is 0.303 e. The number of rotatable bonds is 8. The summed E-state index contributed by atoms with van der Waals surface area (Å²) in [5.41, 5.74) is 1.41.